The number of hydrogen-bond acceptors (Lipinski definition) is 6. The second kappa shape index (κ2) is 11.1. The summed E-state index contributed by atoms with van der Waals surface area (Å²) in [6.07, 6.45) is 6.13. The van der Waals surface area contributed by atoms with Crippen LogP contribution >= 0.6 is 12.2 Å². The number of benzene rings is 2. The Morgan fingerprint density at radius 1 is 1.00 bits per heavy atom. The minimum absolute atomic E-state index is 0.0296. The SMILES string of the molecule is O=C(NC1CC1)c1ccc(Oc2ccc(CN3CCC(N4C(=S)OC[C@H]4c4ccccc4)CC3)cn2)cc1. The molecule has 3 fully saturated rings. The van der Waals surface area contributed by atoms with Gasteiger partial charge in [-0.15, -0.1) is 0 Å². The molecule has 3 heterocycles. The van der Waals surface area contributed by atoms with Crippen LogP contribution in [0.4, 0.5) is 0 Å². The van der Waals surface area contributed by atoms with E-state index in [9.17, 15) is 4.79 Å². The first-order valence-corrected chi connectivity index (χ1v) is 13.8. The molecule has 38 heavy (non-hydrogen) atoms. The Labute approximate surface area is 228 Å². The molecular weight excluding hydrogens is 496 g/mol. The van der Waals surface area contributed by atoms with Crippen LogP contribution < -0.4 is 10.1 Å². The van der Waals surface area contributed by atoms with Crippen LogP contribution in [0.15, 0.2) is 72.9 Å². The van der Waals surface area contributed by atoms with Crippen molar-refractivity contribution in [1.29, 1.82) is 0 Å². The number of carbonyl (C=O) groups is 1. The average molecular weight is 529 g/mol. The molecule has 1 aliphatic carbocycles. The molecular formula is C30H32N4O3S. The third-order valence-corrected chi connectivity index (χ3v) is 7.83. The highest BCUT2D eigenvalue weighted by atomic mass is 32.1. The van der Waals surface area contributed by atoms with Gasteiger partial charge in [0.2, 0.25) is 5.88 Å². The predicted octanol–water partition coefficient (Wildman–Crippen LogP) is 5.09. The normalized spacial score (nSPS) is 20.3. The Morgan fingerprint density at radius 3 is 2.45 bits per heavy atom. The van der Waals surface area contributed by atoms with Gasteiger partial charge in [-0.2, -0.15) is 0 Å². The zero-order valence-electron chi connectivity index (χ0n) is 21.3. The number of rotatable bonds is 8. The fourth-order valence-corrected chi connectivity index (χ4v) is 5.58. The molecule has 2 aromatic carbocycles. The topological polar surface area (TPSA) is 66.9 Å². The molecule has 0 radical (unpaired) electrons. The van der Waals surface area contributed by atoms with Crippen LogP contribution in [0.1, 0.15) is 53.2 Å². The summed E-state index contributed by atoms with van der Waals surface area (Å²) in [5.41, 5.74) is 3.06. The fraction of sp³-hybridized carbons (Fsp3) is 0.367. The third-order valence-electron chi connectivity index (χ3n) is 7.50. The summed E-state index contributed by atoms with van der Waals surface area (Å²) in [6, 6.07) is 22.6. The van der Waals surface area contributed by atoms with Crippen molar-refractivity contribution in [3.63, 3.8) is 0 Å². The smallest absolute Gasteiger partial charge is 0.260 e. The maximum Gasteiger partial charge on any atom is 0.260 e. The van der Waals surface area contributed by atoms with Gasteiger partial charge in [0.05, 0.1) is 6.04 Å². The molecule has 1 amide bonds. The molecule has 3 aliphatic rings. The third kappa shape index (κ3) is 5.81. The first-order valence-electron chi connectivity index (χ1n) is 13.4. The lowest BCUT2D eigenvalue weighted by molar-refractivity contribution is 0.0951. The van der Waals surface area contributed by atoms with Gasteiger partial charge in [0, 0.05) is 49.5 Å². The van der Waals surface area contributed by atoms with E-state index in [4.69, 9.17) is 21.7 Å². The number of ether oxygens (including phenoxy) is 2. The Hall–Kier alpha value is -3.49. The molecule has 3 aromatic rings. The molecule has 7 nitrogen and oxygen atoms in total. The summed E-state index contributed by atoms with van der Waals surface area (Å²) in [5, 5.41) is 3.63. The molecule has 196 valence electrons. The molecule has 0 bridgehead atoms. The number of amides is 1. The van der Waals surface area contributed by atoms with Crippen LogP contribution in [0.25, 0.3) is 0 Å². The molecule has 2 aliphatic heterocycles. The van der Waals surface area contributed by atoms with Gasteiger partial charge in [0.25, 0.3) is 11.1 Å². The van der Waals surface area contributed by atoms with Crippen LogP contribution in [-0.2, 0) is 11.3 Å². The van der Waals surface area contributed by atoms with Crippen molar-refractivity contribution in [3.8, 4) is 11.6 Å². The van der Waals surface area contributed by atoms with Gasteiger partial charge in [0.1, 0.15) is 12.4 Å². The number of nitrogens with zero attached hydrogens (tertiary/aromatic N) is 3. The Balaban J connectivity index is 0.995. The van der Waals surface area contributed by atoms with E-state index in [0.717, 1.165) is 50.9 Å². The maximum absolute atomic E-state index is 12.2. The second-order valence-electron chi connectivity index (χ2n) is 10.3. The zero-order valence-corrected chi connectivity index (χ0v) is 22.1. The van der Waals surface area contributed by atoms with Gasteiger partial charge in [-0.3, -0.25) is 9.69 Å². The minimum atomic E-state index is -0.0296. The highest BCUT2D eigenvalue weighted by Crippen LogP contribution is 2.33. The monoisotopic (exact) mass is 528 g/mol. The van der Waals surface area contributed by atoms with Crippen LogP contribution in [0.2, 0.25) is 0 Å². The first-order chi connectivity index (χ1) is 18.6. The number of thiocarbonyl (C=S) groups is 1. The predicted molar refractivity (Wildman–Crippen MR) is 149 cm³/mol. The Bertz CT molecular complexity index is 1260. The van der Waals surface area contributed by atoms with E-state index in [-0.39, 0.29) is 11.9 Å². The number of piperidine rings is 1. The van der Waals surface area contributed by atoms with Gasteiger partial charge in [-0.05, 0) is 73.3 Å². The Kier molecular flexibility index (Phi) is 7.25. The van der Waals surface area contributed by atoms with E-state index in [2.05, 4.69) is 50.4 Å². The molecule has 1 aromatic heterocycles. The van der Waals surface area contributed by atoms with Crippen molar-refractivity contribution in [3.05, 3.63) is 89.6 Å². The largest absolute Gasteiger partial charge is 0.468 e. The van der Waals surface area contributed by atoms with Gasteiger partial charge in [-0.1, -0.05) is 36.4 Å². The maximum atomic E-state index is 12.2. The van der Waals surface area contributed by atoms with Crippen molar-refractivity contribution >= 4 is 23.3 Å². The molecule has 0 spiro atoms. The summed E-state index contributed by atoms with van der Waals surface area (Å²) in [5.74, 6) is 1.17. The van der Waals surface area contributed by atoms with E-state index in [1.807, 2.05) is 18.3 Å². The molecule has 1 atom stereocenters. The number of carbonyl (C=O) groups excluding carboxylic acids is 1. The lowest BCUT2D eigenvalue weighted by Gasteiger charge is -2.39. The van der Waals surface area contributed by atoms with Gasteiger partial charge in [-0.25, -0.2) is 4.98 Å². The molecule has 0 unspecified atom stereocenters. The zero-order chi connectivity index (χ0) is 25.9. The Morgan fingerprint density at radius 2 is 1.76 bits per heavy atom. The van der Waals surface area contributed by atoms with Crippen LogP contribution in [0.5, 0.6) is 11.6 Å². The molecule has 6 rings (SSSR count). The first kappa shape index (κ1) is 24.8. The van der Waals surface area contributed by atoms with E-state index in [0.29, 0.717) is 41.1 Å². The lowest BCUT2D eigenvalue weighted by atomic mass is 9.99. The van der Waals surface area contributed by atoms with Gasteiger partial charge < -0.3 is 19.7 Å². The molecule has 2 saturated heterocycles. The number of nitrogens with one attached hydrogen (secondary N) is 1. The van der Waals surface area contributed by atoms with Crippen LogP contribution in [-0.4, -0.2) is 57.6 Å². The van der Waals surface area contributed by atoms with Crippen molar-refractivity contribution in [2.24, 2.45) is 0 Å². The fourth-order valence-electron chi connectivity index (χ4n) is 5.24. The standard InChI is InChI=1S/C30H32N4O3S/c35-29(32-24-9-10-24)23-7-11-26(12-8-23)37-28-13-6-21(18-31-28)19-33-16-14-25(15-17-33)34-27(20-36-30(34)38)22-4-2-1-3-5-22/h1-8,11-13,18,24-25,27H,9-10,14-17,19-20H2,(H,32,35)/t27-/m0/s1. The van der Waals surface area contributed by atoms with Gasteiger partial charge in [0.15, 0.2) is 0 Å². The van der Waals surface area contributed by atoms with E-state index >= 15 is 0 Å². The lowest BCUT2D eigenvalue weighted by Crippen LogP contribution is -2.45. The highest BCUT2D eigenvalue weighted by molar-refractivity contribution is 7.80. The summed E-state index contributed by atoms with van der Waals surface area (Å²) >= 11 is 5.58. The van der Waals surface area contributed by atoms with Crippen molar-refractivity contribution in [2.75, 3.05) is 19.7 Å². The molecule has 1 saturated carbocycles. The minimum Gasteiger partial charge on any atom is -0.468 e. The summed E-state index contributed by atoms with van der Waals surface area (Å²) in [7, 11) is 0. The van der Waals surface area contributed by atoms with Crippen molar-refractivity contribution < 1.29 is 14.3 Å². The quantitative estimate of drug-likeness (QED) is 0.409. The number of aromatic nitrogens is 1. The number of pyridine rings is 1. The second-order valence-corrected chi connectivity index (χ2v) is 10.6. The summed E-state index contributed by atoms with van der Waals surface area (Å²) in [4.78, 5) is 21.5. The van der Waals surface area contributed by atoms with Gasteiger partial charge >= 0.3 is 0 Å². The van der Waals surface area contributed by atoms with E-state index in [1.165, 1.54) is 5.56 Å². The summed E-state index contributed by atoms with van der Waals surface area (Å²) < 4.78 is 11.7. The number of hydrogen-bond donors (Lipinski definition) is 1. The van der Waals surface area contributed by atoms with E-state index < -0.39 is 0 Å². The van der Waals surface area contributed by atoms with Crippen LogP contribution in [0.3, 0.4) is 0 Å². The number of likely N-dealkylation sites (tertiary alicyclic amines) is 1. The van der Waals surface area contributed by atoms with Crippen LogP contribution in [0, 0.1) is 0 Å². The summed E-state index contributed by atoms with van der Waals surface area (Å²) in [6.45, 7) is 3.49. The van der Waals surface area contributed by atoms with E-state index in [1.54, 1.807) is 24.3 Å². The van der Waals surface area contributed by atoms with Crippen molar-refractivity contribution in [1.82, 2.24) is 20.1 Å². The highest BCUT2D eigenvalue weighted by Gasteiger charge is 2.37. The molecule has 1 N–H and O–H groups in total. The average Bonchev–Trinajstić information content (AvgIpc) is 3.69. The van der Waals surface area contributed by atoms with Crippen molar-refractivity contribution in [2.45, 2.75) is 50.4 Å². The molecule has 8 heteroatoms.